The van der Waals surface area contributed by atoms with Crippen LogP contribution in [0, 0.1) is 13.8 Å². The van der Waals surface area contributed by atoms with Gasteiger partial charge >= 0.3 is 0 Å². The van der Waals surface area contributed by atoms with Crippen LogP contribution in [-0.2, 0) is 6.54 Å². The van der Waals surface area contributed by atoms with Crippen molar-refractivity contribution in [2.24, 2.45) is 4.99 Å². The Morgan fingerprint density at radius 2 is 1.96 bits per heavy atom. The van der Waals surface area contributed by atoms with Crippen LogP contribution in [0.5, 0.6) is 0 Å². The molecule has 0 saturated heterocycles. The molecule has 0 aliphatic rings. The van der Waals surface area contributed by atoms with Gasteiger partial charge in [-0.2, -0.15) is 0 Å². The maximum Gasteiger partial charge on any atom is 0.216 e. The van der Waals surface area contributed by atoms with E-state index >= 15 is 0 Å². The van der Waals surface area contributed by atoms with E-state index in [1.54, 1.807) is 0 Å². The highest BCUT2D eigenvalue weighted by Gasteiger charge is 2.05. The number of rotatable bonds is 9. The molecule has 23 heavy (non-hydrogen) atoms. The maximum atomic E-state index is 5.55. The molecule has 1 aromatic rings. The van der Waals surface area contributed by atoms with Crippen molar-refractivity contribution in [2.75, 3.05) is 33.2 Å². The molecule has 1 rings (SSSR count). The van der Waals surface area contributed by atoms with Crippen LogP contribution in [0.3, 0.4) is 0 Å². The van der Waals surface area contributed by atoms with Crippen LogP contribution >= 0.6 is 24.0 Å². The highest BCUT2D eigenvalue weighted by Crippen LogP contribution is 2.08. The number of nitrogens with one attached hydrogen (secondary N) is 2. The van der Waals surface area contributed by atoms with Gasteiger partial charge in [-0.05, 0) is 40.8 Å². The lowest BCUT2D eigenvalue weighted by molar-refractivity contribution is 0.332. The van der Waals surface area contributed by atoms with E-state index in [1.807, 2.05) is 13.8 Å². The normalized spacial score (nSPS) is 11.5. The van der Waals surface area contributed by atoms with E-state index in [-0.39, 0.29) is 24.0 Å². The fraction of sp³-hybridized carbons (Fsp3) is 0.750. The highest BCUT2D eigenvalue weighted by atomic mass is 127. The summed E-state index contributed by atoms with van der Waals surface area (Å²) >= 11 is 0. The Balaban J connectivity index is 0.00000484. The zero-order valence-corrected chi connectivity index (χ0v) is 17.4. The first kappa shape index (κ1) is 22.2. The zero-order valence-electron chi connectivity index (χ0n) is 15.1. The molecule has 0 aromatic carbocycles. The molecule has 7 heteroatoms. The van der Waals surface area contributed by atoms with Gasteiger partial charge in [-0.1, -0.05) is 13.3 Å². The smallest absolute Gasteiger partial charge is 0.216 e. The molecule has 0 fully saturated rings. The first-order chi connectivity index (χ1) is 10.6. The van der Waals surface area contributed by atoms with Gasteiger partial charge in [0.15, 0.2) is 5.96 Å². The molecule has 0 spiro atoms. The third kappa shape index (κ3) is 9.14. The van der Waals surface area contributed by atoms with E-state index in [4.69, 9.17) is 4.42 Å². The van der Waals surface area contributed by atoms with E-state index in [0.717, 1.165) is 43.6 Å². The minimum Gasteiger partial charge on any atom is -0.444 e. The summed E-state index contributed by atoms with van der Waals surface area (Å²) in [5, 5.41) is 6.59. The van der Waals surface area contributed by atoms with Gasteiger partial charge in [-0.15, -0.1) is 24.0 Å². The predicted molar refractivity (Wildman–Crippen MR) is 107 cm³/mol. The minimum absolute atomic E-state index is 0. The second-order valence-electron chi connectivity index (χ2n) is 5.53. The summed E-state index contributed by atoms with van der Waals surface area (Å²) in [5.74, 6) is 2.33. The lowest BCUT2D eigenvalue weighted by atomic mass is 10.3. The topological polar surface area (TPSA) is 65.7 Å². The Labute approximate surface area is 157 Å². The Hall–Kier alpha value is -0.830. The molecule has 0 aliphatic carbocycles. The number of likely N-dealkylation sites (N-methyl/N-ethyl adjacent to an activating group) is 1. The first-order valence-corrected chi connectivity index (χ1v) is 8.20. The number of aryl methyl sites for hydroxylation is 2. The number of oxazole rings is 1. The molecule has 0 atom stereocenters. The Morgan fingerprint density at radius 1 is 1.22 bits per heavy atom. The van der Waals surface area contributed by atoms with Crippen LogP contribution < -0.4 is 10.6 Å². The predicted octanol–water partition coefficient (Wildman–Crippen LogP) is 2.70. The molecule has 0 bridgehead atoms. The lowest BCUT2D eigenvalue weighted by Crippen LogP contribution is -2.41. The molecule has 6 nitrogen and oxygen atoms in total. The minimum atomic E-state index is 0. The van der Waals surface area contributed by atoms with Gasteiger partial charge in [0.25, 0.3) is 0 Å². The summed E-state index contributed by atoms with van der Waals surface area (Å²) in [6.07, 6.45) is 2.48. The highest BCUT2D eigenvalue weighted by molar-refractivity contribution is 14.0. The van der Waals surface area contributed by atoms with E-state index in [1.165, 1.54) is 12.8 Å². The molecule has 0 amide bonds. The van der Waals surface area contributed by atoms with Crippen molar-refractivity contribution in [1.82, 2.24) is 20.5 Å². The molecule has 1 heterocycles. The Morgan fingerprint density at radius 3 is 2.52 bits per heavy atom. The summed E-state index contributed by atoms with van der Waals surface area (Å²) in [4.78, 5) is 11.2. The largest absolute Gasteiger partial charge is 0.444 e. The van der Waals surface area contributed by atoms with Crippen molar-refractivity contribution in [3.05, 3.63) is 17.3 Å². The number of unbranched alkanes of at least 4 members (excludes halogenated alkanes) is 1. The van der Waals surface area contributed by atoms with Gasteiger partial charge in [0, 0.05) is 19.6 Å². The first-order valence-electron chi connectivity index (χ1n) is 8.20. The van der Waals surface area contributed by atoms with Crippen molar-refractivity contribution < 1.29 is 4.42 Å². The molecule has 0 radical (unpaired) electrons. The Kier molecular flexibility index (Phi) is 12.1. The van der Waals surface area contributed by atoms with Crippen LogP contribution in [-0.4, -0.2) is 49.1 Å². The van der Waals surface area contributed by atoms with E-state index in [9.17, 15) is 0 Å². The Bertz CT molecular complexity index is 442. The van der Waals surface area contributed by atoms with Crippen molar-refractivity contribution in [2.45, 2.75) is 47.1 Å². The summed E-state index contributed by atoms with van der Waals surface area (Å²) in [6, 6.07) is 0. The SMILES string of the molecule is CCCCN(C)CCNC(=NCc1nc(C)c(C)o1)NCC.I. The van der Waals surface area contributed by atoms with Crippen LogP contribution in [0.1, 0.15) is 44.0 Å². The molecule has 0 saturated carbocycles. The fourth-order valence-corrected chi connectivity index (χ4v) is 2.00. The third-order valence-electron chi connectivity index (χ3n) is 3.47. The van der Waals surface area contributed by atoms with Gasteiger partial charge in [-0.3, -0.25) is 0 Å². The van der Waals surface area contributed by atoms with Gasteiger partial charge in [-0.25, -0.2) is 9.98 Å². The molecule has 1 aromatic heterocycles. The molecular weight excluding hydrogens is 405 g/mol. The number of nitrogens with zero attached hydrogens (tertiary/aromatic N) is 3. The van der Waals surface area contributed by atoms with Crippen LogP contribution in [0.25, 0.3) is 0 Å². The average molecular weight is 437 g/mol. The molecule has 0 aliphatic heterocycles. The average Bonchev–Trinajstić information content (AvgIpc) is 2.81. The summed E-state index contributed by atoms with van der Waals surface area (Å²) in [5.41, 5.74) is 0.931. The van der Waals surface area contributed by atoms with Crippen molar-refractivity contribution >= 4 is 29.9 Å². The molecule has 2 N–H and O–H groups in total. The standard InChI is InChI=1S/C16H31N5O.HI/c1-6-8-10-21(5)11-9-18-16(17-7-2)19-12-15-20-13(3)14(4)22-15;/h6-12H2,1-5H3,(H2,17,18,19);1H. The third-order valence-corrected chi connectivity index (χ3v) is 3.47. The van der Waals surface area contributed by atoms with Crippen molar-refractivity contribution in [3.8, 4) is 0 Å². The molecule has 0 unspecified atom stereocenters. The summed E-state index contributed by atoms with van der Waals surface area (Å²) in [6.45, 7) is 12.4. The monoisotopic (exact) mass is 437 g/mol. The van der Waals surface area contributed by atoms with Gasteiger partial charge in [0.2, 0.25) is 5.89 Å². The van der Waals surface area contributed by atoms with E-state index in [0.29, 0.717) is 12.4 Å². The van der Waals surface area contributed by atoms with Crippen molar-refractivity contribution in [3.63, 3.8) is 0 Å². The number of halogens is 1. The van der Waals surface area contributed by atoms with Gasteiger partial charge in [0.05, 0.1) is 5.69 Å². The van der Waals surface area contributed by atoms with E-state index in [2.05, 4.69) is 46.4 Å². The second-order valence-corrected chi connectivity index (χ2v) is 5.53. The molecular formula is C16H32IN5O. The number of aromatic nitrogens is 1. The fourth-order valence-electron chi connectivity index (χ4n) is 2.00. The zero-order chi connectivity index (χ0) is 16.4. The lowest BCUT2D eigenvalue weighted by Gasteiger charge is -2.17. The van der Waals surface area contributed by atoms with Gasteiger partial charge < -0.3 is 20.0 Å². The number of guanidine groups is 1. The number of hydrogen-bond acceptors (Lipinski definition) is 4. The van der Waals surface area contributed by atoms with Crippen LogP contribution in [0.4, 0.5) is 0 Å². The second kappa shape index (κ2) is 12.6. The number of aliphatic imine (C=N–C) groups is 1. The van der Waals surface area contributed by atoms with Crippen LogP contribution in [0.2, 0.25) is 0 Å². The van der Waals surface area contributed by atoms with Crippen molar-refractivity contribution in [1.29, 1.82) is 0 Å². The van der Waals surface area contributed by atoms with Gasteiger partial charge in [0.1, 0.15) is 12.3 Å². The molecule has 134 valence electrons. The van der Waals surface area contributed by atoms with E-state index < -0.39 is 0 Å². The quantitative estimate of drug-likeness (QED) is 0.353. The summed E-state index contributed by atoms with van der Waals surface area (Å²) in [7, 11) is 2.15. The summed E-state index contributed by atoms with van der Waals surface area (Å²) < 4.78 is 5.55. The maximum absolute atomic E-state index is 5.55. The van der Waals surface area contributed by atoms with Crippen LogP contribution in [0.15, 0.2) is 9.41 Å². The number of hydrogen-bond donors (Lipinski definition) is 2.